The molecule has 1 nitrogen and oxygen atoms in total. The zero-order valence-electron chi connectivity index (χ0n) is 11.3. The first-order chi connectivity index (χ1) is 7.44. The van der Waals surface area contributed by atoms with Crippen molar-refractivity contribution in [1.82, 2.24) is 5.32 Å². The molecular weight excluding hydrogens is 214 g/mol. The second kappa shape index (κ2) is 5.83. The Morgan fingerprint density at radius 3 is 2.44 bits per heavy atom. The van der Waals surface area contributed by atoms with Crippen LogP contribution in [0.5, 0.6) is 0 Å². The summed E-state index contributed by atoms with van der Waals surface area (Å²) in [5.74, 6) is 0. The Balaban J connectivity index is 2.47. The molecule has 0 fully saturated rings. The summed E-state index contributed by atoms with van der Waals surface area (Å²) in [5, 5.41) is 3.24. The van der Waals surface area contributed by atoms with Crippen LogP contribution in [0.15, 0.2) is 6.07 Å². The van der Waals surface area contributed by atoms with Crippen LogP contribution in [0.3, 0.4) is 0 Å². The van der Waals surface area contributed by atoms with E-state index < -0.39 is 0 Å². The van der Waals surface area contributed by atoms with Crippen molar-refractivity contribution < 1.29 is 0 Å². The largest absolute Gasteiger partial charge is 0.320 e. The summed E-state index contributed by atoms with van der Waals surface area (Å²) < 4.78 is 0. The van der Waals surface area contributed by atoms with Gasteiger partial charge in [-0.2, -0.15) is 0 Å². The molecule has 0 saturated carbocycles. The molecule has 2 heteroatoms. The van der Waals surface area contributed by atoms with Crippen molar-refractivity contribution >= 4 is 11.3 Å². The Morgan fingerprint density at radius 1 is 1.25 bits per heavy atom. The summed E-state index contributed by atoms with van der Waals surface area (Å²) in [4.78, 5) is 2.95. The molecule has 0 aromatic carbocycles. The third-order valence-electron chi connectivity index (χ3n) is 3.27. The molecule has 0 spiro atoms. The van der Waals surface area contributed by atoms with Crippen molar-refractivity contribution in [2.45, 2.75) is 47.0 Å². The minimum absolute atomic E-state index is 0.450. The van der Waals surface area contributed by atoms with Crippen LogP contribution in [0.4, 0.5) is 0 Å². The molecule has 0 aliphatic rings. The number of nitrogens with one attached hydrogen (secondary N) is 1. The first kappa shape index (κ1) is 13.7. The molecule has 0 bridgehead atoms. The lowest BCUT2D eigenvalue weighted by molar-refractivity contribution is 0.305. The molecular formula is C14H25NS. The van der Waals surface area contributed by atoms with Gasteiger partial charge in [0, 0.05) is 9.75 Å². The van der Waals surface area contributed by atoms with Gasteiger partial charge < -0.3 is 5.32 Å². The molecule has 0 unspecified atom stereocenters. The highest BCUT2D eigenvalue weighted by molar-refractivity contribution is 7.12. The third-order valence-corrected chi connectivity index (χ3v) is 4.27. The lowest BCUT2D eigenvalue weighted by atomic mass is 9.83. The van der Waals surface area contributed by atoms with E-state index in [0.29, 0.717) is 5.41 Å². The highest BCUT2D eigenvalue weighted by Gasteiger charge is 2.17. The van der Waals surface area contributed by atoms with Crippen molar-refractivity contribution in [3.05, 3.63) is 21.4 Å². The smallest absolute Gasteiger partial charge is 0.00490 e. The average Bonchev–Trinajstić information content (AvgIpc) is 2.52. The lowest BCUT2D eigenvalue weighted by Gasteiger charge is -2.24. The number of thiophene rings is 1. The van der Waals surface area contributed by atoms with Gasteiger partial charge in [-0.05, 0) is 63.7 Å². The van der Waals surface area contributed by atoms with Gasteiger partial charge in [0.05, 0.1) is 0 Å². The van der Waals surface area contributed by atoms with Crippen LogP contribution in [-0.2, 0) is 6.42 Å². The normalized spacial score (nSPS) is 12.1. The highest BCUT2D eigenvalue weighted by atomic mass is 32.1. The maximum atomic E-state index is 3.24. The molecule has 1 N–H and O–H groups in total. The Hall–Kier alpha value is -0.340. The van der Waals surface area contributed by atoms with Gasteiger partial charge in [-0.1, -0.05) is 13.8 Å². The zero-order chi connectivity index (χ0) is 12.2. The van der Waals surface area contributed by atoms with Gasteiger partial charge in [-0.15, -0.1) is 11.3 Å². The molecule has 1 aromatic rings. The van der Waals surface area contributed by atoms with Crippen molar-refractivity contribution in [3.63, 3.8) is 0 Å². The maximum absolute atomic E-state index is 3.24. The lowest BCUT2D eigenvalue weighted by Crippen LogP contribution is -2.20. The van der Waals surface area contributed by atoms with Gasteiger partial charge in [0.25, 0.3) is 0 Å². The van der Waals surface area contributed by atoms with Crippen molar-refractivity contribution in [1.29, 1.82) is 0 Å². The number of aryl methyl sites for hydroxylation is 3. The van der Waals surface area contributed by atoms with E-state index in [0.717, 1.165) is 6.54 Å². The average molecular weight is 239 g/mol. The molecule has 0 radical (unpaired) electrons. The minimum Gasteiger partial charge on any atom is -0.320 e. The maximum Gasteiger partial charge on any atom is 0.00490 e. The van der Waals surface area contributed by atoms with Gasteiger partial charge in [0.1, 0.15) is 0 Å². The number of hydrogen-bond acceptors (Lipinski definition) is 2. The Labute approximate surface area is 104 Å². The van der Waals surface area contributed by atoms with E-state index in [1.54, 1.807) is 5.56 Å². The van der Waals surface area contributed by atoms with Crippen molar-refractivity contribution in [2.24, 2.45) is 5.41 Å². The van der Waals surface area contributed by atoms with Gasteiger partial charge in [0.15, 0.2) is 0 Å². The van der Waals surface area contributed by atoms with E-state index in [4.69, 9.17) is 0 Å². The molecule has 92 valence electrons. The van der Waals surface area contributed by atoms with Crippen molar-refractivity contribution in [3.8, 4) is 0 Å². The predicted octanol–water partition coefficient (Wildman–Crippen LogP) is 3.93. The van der Waals surface area contributed by atoms with Gasteiger partial charge in [-0.25, -0.2) is 0 Å². The fourth-order valence-electron chi connectivity index (χ4n) is 1.99. The minimum atomic E-state index is 0.450. The van der Waals surface area contributed by atoms with Crippen LogP contribution in [0.1, 0.15) is 42.0 Å². The van der Waals surface area contributed by atoms with Crippen LogP contribution < -0.4 is 5.32 Å². The van der Waals surface area contributed by atoms with E-state index in [2.05, 4.69) is 39.1 Å². The summed E-state index contributed by atoms with van der Waals surface area (Å²) in [5.41, 5.74) is 2.01. The molecule has 0 atom stereocenters. The van der Waals surface area contributed by atoms with Crippen LogP contribution in [0, 0.1) is 19.3 Å². The summed E-state index contributed by atoms with van der Waals surface area (Å²) in [6.45, 7) is 10.3. The highest BCUT2D eigenvalue weighted by Crippen LogP contribution is 2.29. The van der Waals surface area contributed by atoms with Crippen LogP contribution >= 0.6 is 11.3 Å². The fourth-order valence-corrected chi connectivity index (χ4v) is 2.97. The molecule has 0 aliphatic heterocycles. The zero-order valence-corrected chi connectivity index (χ0v) is 12.1. The first-order valence-electron chi connectivity index (χ1n) is 6.15. The quantitative estimate of drug-likeness (QED) is 0.793. The number of hydrogen-bond donors (Lipinski definition) is 1. The van der Waals surface area contributed by atoms with Crippen molar-refractivity contribution in [2.75, 3.05) is 13.6 Å². The van der Waals surface area contributed by atoms with E-state index in [1.807, 2.05) is 18.4 Å². The Bertz CT molecular complexity index is 325. The predicted molar refractivity (Wildman–Crippen MR) is 74.4 cm³/mol. The summed E-state index contributed by atoms with van der Waals surface area (Å²) in [6, 6.07) is 2.36. The fraction of sp³-hybridized carbons (Fsp3) is 0.714. The summed E-state index contributed by atoms with van der Waals surface area (Å²) >= 11 is 1.93. The van der Waals surface area contributed by atoms with E-state index >= 15 is 0 Å². The first-order valence-corrected chi connectivity index (χ1v) is 6.97. The van der Waals surface area contributed by atoms with Gasteiger partial charge >= 0.3 is 0 Å². The molecule has 1 aromatic heterocycles. The molecule has 0 aliphatic carbocycles. The summed E-state index contributed by atoms with van der Waals surface area (Å²) in [7, 11) is 2.03. The molecule has 0 amide bonds. The second-order valence-corrected chi connectivity index (χ2v) is 6.92. The van der Waals surface area contributed by atoms with Crippen LogP contribution in [0.2, 0.25) is 0 Å². The topological polar surface area (TPSA) is 12.0 Å². The molecule has 1 heterocycles. The van der Waals surface area contributed by atoms with E-state index in [1.165, 1.54) is 29.0 Å². The Morgan fingerprint density at radius 2 is 1.94 bits per heavy atom. The Kier molecular flexibility index (Phi) is 5.00. The number of rotatable bonds is 6. The van der Waals surface area contributed by atoms with Gasteiger partial charge in [-0.3, -0.25) is 0 Å². The summed E-state index contributed by atoms with van der Waals surface area (Å²) in [6.07, 6.45) is 3.77. The monoisotopic (exact) mass is 239 g/mol. The molecule has 16 heavy (non-hydrogen) atoms. The molecule has 1 rings (SSSR count). The van der Waals surface area contributed by atoms with Crippen LogP contribution in [0.25, 0.3) is 0 Å². The standard InChI is InChI=1S/C14H25NS/c1-11-10-13(12(2)16-11)6-7-14(3,4)8-9-15-5/h10,15H,6-9H2,1-5H3. The molecule has 0 saturated heterocycles. The SMILES string of the molecule is CNCCC(C)(C)CCc1cc(C)sc1C. The van der Waals surface area contributed by atoms with Crippen LogP contribution in [-0.4, -0.2) is 13.6 Å². The van der Waals surface area contributed by atoms with Gasteiger partial charge in [0.2, 0.25) is 0 Å². The second-order valence-electron chi connectivity index (χ2n) is 5.46. The van der Waals surface area contributed by atoms with E-state index in [-0.39, 0.29) is 0 Å². The van der Waals surface area contributed by atoms with E-state index in [9.17, 15) is 0 Å². The third kappa shape index (κ3) is 4.26.